The third kappa shape index (κ3) is 5.97. The van der Waals surface area contributed by atoms with Gasteiger partial charge in [-0.25, -0.2) is 4.79 Å². The monoisotopic (exact) mass is 444 g/mol. The van der Waals surface area contributed by atoms with Gasteiger partial charge in [0, 0.05) is 19.1 Å². The molecule has 160 valence electrons. The van der Waals surface area contributed by atoms with Gasteiger partial charge in [-0.3, -0.25) is 14.9 Å². The topological polar surface area (TPSA) is 159 Å². The zero-order chi connectivity index (χ0) is 23.1. The van der Waals surface area contributed by atoms with Crippen molar-refractivity contribution in [1.82, 2.24) is 0 Å². The van der Waals surface area contributed by atoms with Crippen molar-refractivity contribution >= 4 is 51.9 Å². The van der Waals surface area contributed by atoms with E-state index in [4.69, 9.17) is 11.6 Å². The molecule has 0 radical (unpaired) electrons. The Morgan fingerprint density at radius 3 is 2.48 bits per heavy atom. The van der Waals surface area contributed by atoms with Crippen LogP contribution in [0.4, 0.5) is 28.4 Å². The van der Waals surface area contributed by atoms with E-state index < -0.39 is 22.8 Å². The molecule has 2 N–H and O–H groups in total. The largest absolute Gasteiger partial charge is 0.467 e. The van der Waals surface area contributed by atoms with Gasteiger partial charge in [0.05, 0.1) is 34.0 Å². The van der Waals surface area contributed by atoms with Crippen LogP contribution >= 0.6 is 11.6 Å². The number of azo groups is 1. The lowest BCUT2D eigenvalue weighted by Crippen LogP contribution is -2.27. The Balaban J connectivity index is 2.45. The van der Waals surface area contributed by atoms with E-state index in [-0.39, 0.29) is 33.3 Å². The van der Waals surface area contributed by atoms with Crippen LogP contribution < -0.4 is 10.6 Å². The molecule has 0 heterocycles. The van der Waals surface area contributed by atoms with Crippen molar-refractivity contribution in [3.8, 4) is 6.07 Å². The average molecular weight is 445 g/mol. The highest BCUT2D eigenvalue weighted by atomic mass is 35.5. The van der Waals surface area contributed by atoms with Crippen molar-refractivity contribution in [3.63, 3.8) is 0 Å². The van der Waals surface area contributed by atoms with Gasteiger partial charge in [-0.15, -0.1) is 10.2 Å². The lowest BCUT2D eigenvalue weighted by atomic mass is 10.2. The van der Waals surface area contributed by atoms with Gasteiger partial charge >= 0.3 is 5.97 Å². The summed E-state index contributed by atoms with van der Waals surface area (Å²) >= 11 is 6.27. The Morgan fingerprint density at radius 1 is 1.23 bits per heavy atom. The first-order valence-electron chi connectivity index (χ1n) is 8.72. The first-order chi connectivity index (χ1) is 14.7. The summed E-state index contributed by atoms with van der Waals surface area (Å²) in [6.07, 6.45) is 0. The highest BCUT2D eigenvalue weighted by molar-refractivity contribution is 6.33. The summed E-state index contributed by atoms with van der Waals surface area (Å²) in [5.74, 6) is -0.901. The van der Waals surface area contributed by atoms with Gasteiger partial charge in [-0.1, -0.05) is 11.6 Å². The molecule has 1 atom stereocenters. The van der Waals surface area contributed by atoms with Crippen LogP contribution in [-0.2, 0) is 14.3 Å². The Morgan fingerprint density at radius 2 is 1.90 bits per heavy atom. The number of hydrogen-bond donors (Lipinski definition) is 2. The molecule has 11 nitrogen and oxygen atoms in total. The summed E-state index contributed by atoms with van der Waals surface area (Å²) in [4.78, 5) is 33.5. The quantitative estimate of drug-likeness (QED) is 0.275. The Hall–Kier alpha value is -4.04. The third-order valence-electron chi connectivity index (χ3n) is 3.90. The molecule has 0 spiro atoms. The van der Waals surface area contributed by atoms with Crippen LogP contribution in [0.5, 0.6) is 0 Å². The molecule has 0 saturated carbocycles. The van der Waals surface area contributed by atoms with Crippen LogP contribution in [-0.4, -0.2) is 30.0 Å². The normalized spacial score (nSPS) is 11.5. The number of nitrogens with zero attached hydrogens (tertiary/aromatic N) is 4. The van der Waals surface area contributed by atoms with Crippen LogP contribution in [0.15, 0.2) is 40.6 Å². The maximum atomic E-state index is 11.6. The van der Waals surface area contributed by atoms with Crippen molar-refractivity contribution in [2.24, 2.45) is 10.2 Å². The number of nitriles is 1. The van der Waals surface area contributed by atoms with Gasteiger partial charge in [0.1, 0.15) is 23.5 Å². The molecule has 0 unspecified atom stereocenters. The number of ether oxygens (including phenoxy) is 1. The molecular weight excluding hydrogens is 428 g/mol. The second-order valence-electron chi connectivity index (χ2n) is 6.19. The van der Waals surface area contributed by atoms with E-state index in [0.29, 0.717) is 5.69 Å². The Labute approximate surface area is 181 Å². The molecule has 1 amide bonds. The van der Waals surface area contributed by atoms with E-state index in [0.717, 1.165) is 6.07 Å². The molecule has 0 aliphatic rings. The van der Waals surface area contributed by atoms with E-state index in [1.165, 1.54) is 38.3 Å². The van der Waals surface area contributed by atoms with Crippen LogP contribution in [0.2, 0.25) is 5.02 Å². The summed E-state index contributed by atoms with van der Waals surface area (Å²) in [5, 5.41) is 33.7. The van der Waals surface area contributed by atoms with Crippen molar-refractivity contribution < 1.29 is 19.2 Å². The number of benzene rings is 2. The SMILES string of the molecule is COC(=O)[C@H](C)Nc1cc(NC(C)=O)c(N=Nc2ccc([N+](=O)[O-])cc2C#N)cc1Cl. The number of nitro groups is 1. The third-order valence-corrected chi connectivity index (χ3v) is 4.21. The molecule has 0 aromatic heterocycles. The number of nitro benzene ring substituents is 1. The second kappa shape index (κ2) is 10.1. The Bertz CT molecular complexity index is 1110. The maximum absolute atomic E-state index is 11.6. The van der Waals surface area contributed by atoms with Gasteiger partial charge in [-0.05, 0) is 25.1 Å². The van der Waals surface area contributed by atoms with Crippen molar-refractivity contribution in [1.29, 1.82) is 5.26 Å². The first-order valence-corrected chi connectivity index (χ1v) is 9.09. The van der Waals surface area contributed by atoms with Crippen molar-refractivity contribution in [2.75, 3.05) is 17.7 Å². The van der Waals surface area contributed by atoms with Gasteiger partial charge in [0.2, 0.25) is 5.91 Å². The number of rotatable bonds is 7. The van der Waals surface area contributed by atoms with E-state index in [1.54, 1.807) is 6.92 Å². The number of methoxy groups -OCH3 is 1. The smallest absolute Gasteiger partial charge is 0.327 e. The number of esters is 1. The predicted octanol–water partition coefficient (Wildman–Crippen LogP) is 4.47. The van der Waals surface area contributed by atoms with Crippen LogP contribution in [0.25, 0.3) is 0 Å². The zero-order valence-corrected chi connectivity index (χ0v) is 17.4. The number of carbonyl (C=O) groups excluding carboxylic acids is 2. The van der Waals surface area contributed by atoms with Crippen molar-refractivity contribution in [3.05, 3.63) is 51.0 Å². The molecule has 12 heteroatoms. The van der Waals surface area contributed by atoms with E-state index in [9.17, 15) is 25.0 Å². The molecule has 0 bridgehead atoms. The standard InChI is InChI=1S/C19H17ClN6O5/c1-10(19(28)31-3)22-16-8-17(23-11(2)27)18(7-14(16)20)25-24-15-5-4-13(26(29)30)6-12(15)9-21/h4-8,10,22H,1-3H3,(H,23,27)/t10-/m0/s1. The number of nitrogens with one attached hydrogen (secondary N) is 2. The van der Waals surface area contributed by atoms with Gasteiger partial charge in [-0.2, -0.15) is 5.26 Å². The van der Waals surface area contributed by atoms with Crippen LogP contribution in [0.1, 0.15) is 19.4 Å². The van der Waals surface area contributed by atoms with E-state index >= 15 is 0 Å². The minimum Gasteiger partial charge on any atom is -0.467 e. The van der Waals surface area contributed by atoms with Crippen molar-refractivity contribution in [2.45, 2.75) is 19.9 Å². The fourth-order valence-electron chi connectivity index (χ4n) is 2.44. The first kappa shape index (κ1) is 23.2. The molecule has 0 aliphatic carbocycles. The molecule has 0 fully saturated rings. The predicted molar refractivity (Wildman–Crippen MR) is 113 cm³/mol. The van der Waals surface area contributed by atoms with Crippen LogP contribution in [0, 0.1) is 21.4 Å². The molecule has 31 heavy (non-hydrogen) atoms. The number of carbonyl (C=O) groups is 2. The lowest BCUT2D eigenvalue weighted by Gasteiger charge is -2.16. The second-order valence-corrected chi connectivity index (χ2v) is 6.60. The minimum absolute atomic E-state index is 0.0460. The summed E-state index contributed by atoms with van der Waals surface area (Å²) in [6, 6.07) is 7.55. The molecule has 2 aromatic carbocycles. The Kier molecular flexibility index (Phi) is 7.59. The molecular formula is C19H17ClN6O5. The lowest BCUT2D eigenvalue weighted by molar-refractivity contribution is -0.384. The highest BCUT2D eigenvalue weighted by Crippen LogP contribution is 2.36. The van der Waals surface area contributed by atoms with E-state index in [1.807, 2.05) is 6.07 Å². The summed E-state index contributed by atoms with van der Waals surface area (Å²) < 4.78 is 4.66. The average Bonchev–Trinajstić information content (AvgIpc) is 2.73. The number of non-ortho nitro benzene ring substituents is 1. The fourth-order valence-corrected chi connectivity index (χ4v) is 2.65. The summed E-state index contributed by atoms with van der Waals surface area (Å²) in [7, 11) is 1.25. The minimum atomic E-state index is -0.710. The molecule has 2 aromatic rings. The number of hydrogen-bond acceptors (Lipinski definition) is 9. The number of anilines is 2. The number of amides is 1. The fraction of sp³-hybridized carbons (Fsp3) is 0.211. The van der Waals surface area contributed by atoms with Crippen LogP contribution in [0.3, 0.4) is 0 Å². The van der Waals surface area contributed by atoms with Gasteiger partial charge in [0.25, 0.3) is 5.69 Å². The number of halogens is 1. The van der Waals surface area contributed by atoms with Gasteiger partial charge in [0.15, 0.2) is 0 Å². The summed E-state index contributed by atoms with van der Waals surface area (Å²) in [5.41, 5.74) is 0.539. The molecule has 2 rings (SSSR count). The highest BCUT2D eigenvalue weighted by Gasteiger charge is 2.17. The molecule has 0 saturated heterocycles. The van der Waals surface area contributed by atoms with Gasteiger partial charge < -0.3 is 15.4 Å². The maximum Gasteiger partial charge on any atom is 0.327 e. The molecule has 0 aliphatic heterocycles. The summed E-state index contributed by atoms with van der Waals surface area (Å²) in [6.45, 7) is 2.87. The van der Waals surface area contributed by atoms with E-state index in [2.05, 4.69) is 25.6 Å². The zero-order valence-electron chi connectivity index (χ0n) is 16.7.